The summed E-state index contributed by atoms with van der Waals surface area (Å²) in [5, 5.41) is 7.94. The standard InChI is InChI=1S/C13H23N3/c1-11-8-9-16(15-11)10-13(14-2)12-6-4-3-5-7-12/h8-9,12-14H,3-7,10H2,1-2H3. The van der Waals surface area contributed by atoms with Gasteiger partial charge in [0.05, 0.1) is 12.2 Å². The lowest BCUT2D eigenvalue weighted by molar-refractivity contribution is 0.252. The molecule has 1 atom stereocenters. The molecule has 0 bridgehead atoms. The number of nitrogens with zero attached hydrogens (tertiary/aromatic N) is 2. The zero-order chi connectivity index (χ0) is 11.4. The summed E-state index contributed by atoms with van der Waals surface area (Å²) in [6.07, 6.45) is 9.08. The number of aryl methyl sites for hydroxylation is 1. The largest absolute Gasteiger partial charge is 0.315 e. The molecule has 0 amide bonds. The molecular weight excluding hydrogens is 198 g/mol. The Bertz CT molecular complexity index is 313. The van der Waals surface area contributed by atoms with E-state index in [0.29, 0.717) is 6.04 Å². The summed E-state index contributed by atoms with van der Waals surface area (Å²) in [5.41, 5.74) is 1.11. The molecule has 1 fully saturated rings. The molecule has 16 heavy (non-hydrogen) atoms. The van der Waals surface area contributed by atoms with E-state index in [1.165, 1.54) is 32.1 Å². The van der Waals surface area contributed by atoms with Crippen molar-refractivity contribution in [2.24, 2.45) is 5.92 Å². The highest BCUT2D eigenvalue weighted by molar-refractivity contribution is 4.95. The lowest BCUT2D eigenvalue weighted by Gasteiger charge is -2.30. The first-order valence-corrected chi connectivity index (χ1v) is 6.47. The fourth-order valence-electron chi connectivity index (χ4n) is 2.78. The van der Waals surface area contributed by atoms with E-state index in [1.807, 2.05) is 6.92 Å². The van der Waals surface area contributed by atoms with Gasteiger partial charge >= 0.3 is 0 Å². The lowest BCUT2D eigenvalue weighted by atomic mass is 9.84. The highest BCUT2D eigenvalue weighted by atomic mass is 15.3. The predicted octanol–water partition coefficient (Wildman–Crippen LogP) is 2.36. The molecule has 1 aliphatic rings. The van der Waals surface area contributed by atoms with Gasteiger partial charge in [-0.05, 0) is 38.8 Å². The predicted molar refractivity (Wildman–Crippen MR) is 66.4 cm³/mol. The normalized spacial score (nSPS) is 19.9. The maximum absolute atomic E-state index is 4.47. The van der Waals surface area contributed by atoms with Crippen molar-refractivity contribution in [2.75, 3.05) is 7.05 Å². The van der Waals surface area contributed by atoms with Crippen molar-refractivity contribution < 1.29 is 0 Å². The van der Waals surface area contributed by atoms with E-state index in [1.54, 1.807) is 0 Å². The van der Waals surface area contributed by atoms with Crippen LogP contribution in [0.1, 0.15) is 37.8 Å². The number of nitrogens with one attached hydrogen (secondary N) is 1. The minimum atomic E-state index is 0.583. The van der Waals surface area contributed by atoms with Crippen LogP contribution in [0, 0.1) is 12.8 Å². The Morgan fingerprint density at radius 3 is 2.75 bits per heavy atom. The first kappa shape index (κ1) is 11.6. The Hall–Kier alpha value is -0.830. The van der Waals surface area contributed by atoms with Crippen LogP contribution in [0.25, 0.3) is 0 Å². The third-order valence-electron chi connectivity index (χ3n) is 3.75. The second kappa shape index (κ2) is 5.48. The smallest absolute Gasteiger partial charge is 0.0593 e. The molecule has 1 aliphatic carbocycles. The summed E-state index contributed by atoms with van der Waals surface area (Å²) in [6, 6.07) is 2.66. The van der Waals surface area contributed by atoms with Crippen LogP contribution < -0.4 is 5.32 Å². The van der Waals surface area contributed by atoms with Crippen molar-refractivity contribution in [3.8, 4) is 0 Å². The molecule has 0 spiro atoms. The molecule has 1 heterocycles. The summed E-state index contributed by atoms with van der Waals surface area (Å²) >= 11 is 0. The molecule has 1 N–H and O–H groups in total. The maximum Gasteiger partial charge on any atom is 0.0593 e. The number of aromatic nitrogens is 2. The van der Waals surface area contributed by atoms with Gasteiger partial charge in [-0.2, -0.15) is 5.10 Å². The van der Waals surface area contributed by atoms with Crippen LogP contribution in [0.3, 0.4) is 0 Å². The lowest BCUT2D eigenvalue weighted by Crippen LogP contribution is -2.38. The van der Waals surface area contributed by atoms with E-state index < -0.39 is 0 Å². The van der Waals surface area contributed by atoms with Gasteiger partial charge in [0.2, 0.25) is 0 Å². The number of likely N-dealkylation sites (N-methyl/N-ethyl adjacent to an activating group) is 1. The van der Waals surface area contributed by atoms with E-state index in [4.69, 9.17) is 0 Å². The van der Waals surface area contributed by atoms with E-state index in [0.717, 1.165) is 18.2 Å². The van der Waals surface area contributed by atoms with Crippen LogP contribution in [0.2, 0.25) is 0 Å². The van der Waals surface area contributed by atoms with E-state index in [-0.39, 0.29) is 0 Å². The molecule has 1 aromatic rings. The van der Waals surface area contributed by atoms with Gasteiger partial charge in [0.1, 0.15) is 0 Å². The van der Waals surface area contributed by atoms with Crippen LogP contribution in [0.5, 0.6) is 0 Å². The molecule has 90 valence electrons. The Balaban J connectivity index is 1.94. The number of rotatable bonds is 4. The van der Waals surface area contributed by atoms with Crippen LogP contribution in [0.15, 0.2) is 12.3 Å². The monoisotopic (exact) mass is 221 g/mol. The zero-order valence-corrected chi connectivity index (χ0v) is 10.4. The summed E-state index contributed by atoms with van der Waals surface area (Å²) < 4.78 is 2.07. The average Bonchev–Trinajstić information content (AvgIpc) is 2.73. The van der Waals surface area contributed by atoms with Gasteiger partial charge < -0.3 is 5.32 Å². The number of hydrogen-bond acceptors (Lipinski definition) is 2. The second-order valence-electron chi connectivity index (χ2n) is 4.97. The topological polar surface area (TPSA) is 29.9 Å². The van der Waals surface area contributed by atoms with Crippen molar-refractivity contribution in [3.05, 3.63) is 18.0 Å². The number of hydrogen-bond donors (Lipinski definition) is 1. The van der Waals surface area contributed by atoms with Crippen molar-refractivity contribution in [3.63, 3.8) is 0 Å². The molecule has 2 rings (SSSR count). The molecule has 0 radical (unpaired) electrons. The average molecular weight is 221 g/mol. The SMILES string of the molecule is CNC(Cn1ccc(C)n1)C1CCCCC1. The highest BCUT2D eigenvalue weighted by Gasteiger charge is 2.22. The summed E-state index contributed by atoms with van der Waals surface area (Å²) in [6.45, 7) is 3.06. The van der Waals surface area contributed by atoms with E-state index >= 15 is 0 Å². The van der Waals surface area contributed by atoms with Gasteiger partial charge in [-0.3, -0.25) is 4.68 Å². The molecule has 0 saturated heterocycles. The van der Waals surface area contributed by atoms with Crippen LogP contribution in [0.4, 0.5) is 0 Å². The molecule has 1 saturated carbocycles. The summed E-state index contributed by atoms with van der Waals surface area (Å²) in [7, 11) is 2.08. The van der Waals surface area contributed by atoms with Gasteiger partial charge in [0, 0.05) is 12.2 Å². The molecule has 1 aromatic heterocycles. The fraction of sp³-hybridized carbons (Fsp3) is 0.769. The Kier molecular flexibility index (Phi) is 3.99. The van der Waals surface area contributed by atoms with Crippen molar-refractivity contribution >= 4 is 0 Å². The third kappa shape index (κ3) is 2.85. The van der Waals surface area contributed by atoms with Gasteiger partial charge in [0.15, 0.2) is 0 Å². The van der Waals surface area contributed by atoms with E-state index in [2.05, 4.69) is 34.4 Å². The van der Waals surface area contributed by atoms with Gasteiger partial charge in [-0.15, -0.1) is 0 Å². The van der Waals surface area contributed by atoms with Gasteiger partial charge in [-0.25, -0.2) is 0 Å². The molecule has 0 aromatic carbocycles. The van der Waals surface area contributed by atoms with Crippen LogP contribution in [-0.4, -0.2) is 22.9 Å². The molecular formula is C13H23N3. The zero-order valence-electron chi connectivity index (χ0n) is 10.4. The third-order valence-corrected chi connectivity index (χ3v) is 3.75. The van der Waals surface area contributed by atoms with Crippen molar-refractivity contribution in [1.82, 2.24) is 15.1 Å². The molecule has 3 nitrogen and oxygen atoms in total. The minimum absolute atomic E-state index is 0.583. The first-order chi connectivity index (χ1) is 7.79. The summed E-state index contributed by atoms with van der Waals surface area (Å²) in [5.74, 6) is 0.836. The maximum atomic E-state index is 4.47. The fourth-order valence-corrected chi connectivity index (χ4v) is 2.78. The van der Waals surface area contributed by atoms with Gasteiger partial charge in [0.25, 0.3) is 0 Å². The summed E-state index contributed by atoms with van der Waals surface area (Å²) in [4.78, 5) is 0. The first-order valence-electron chi connectivity index (χ1n) is 6.47. The van der Waals surface area contributed by atoms with Crippen molar-refractivity contribution in [1.29, 1.82) is 0 Å². The van der Waals surface area contributed by atoms with Crippen LogP contribution >= 0.6 is 0 Å². The molecule has 0 aliphatic heterocycles. The molecule has 3 heteroatoms. The second-order valence-corrected chi connectivity index (χ2v) is 4.97. The Morgan fingerprint density at radius 2 is 2.19 bits per heavy atom. The van der Waals surface area contributed by atoms with Crippen LogP contribution in [-0.2, 0) is 6.54 Å². The highest BCUT2D eigenvalue weighted by Crippen LogP contribution is 2.26. The van der Waals surface area contributed by atoms with Gasteiger partial charge in [-0.1, -0.05) is 19.3 Å². The quantitative estimate of drug-likeness (QED) is 0.846. The Labute approximate surface area is 98.2 Å². The molecule has 1 unspecified atom stereocenters. The Morgan fingerprint density at radius 1 is 1.44 bits per heavy atom. The van der Waals surface area contributed by atoms with Crippen molar-refractivity contribution in [2.45, 2.75) is 51.6 Å². The van der Waals surface area contributed by atoms with E-state index in [9.17, 15) is 0 Å². The minimum Gasteiger partial charge on any atom is -0.315 e.